The molecule has 1 atom stereocenters. The Morgan fingerprint density at radius 1 is 1.40 bits per heavy atom. The van der Waals surface area contributed by atoms with E-state index in [0.29, 0.717) is 11.4 Å². The van der Waals surface area contributed by atoms with Gasteiger partial charge in [0, 0.05) is 18.1 Å². The van der Waals surface area contributed by atoms with Gasteiger partial charge >= 0.3 is 0 Å². The Morgan fingerprint density at radius 2 is 2.25 bits per heavy atom. The molecule has 0 saturated heterocycles. The van der Waals surface area contributed by atoms with Gasteiger partial charge in [-0.2, -0.15) is 0 Å². The zero-order valence-electron chi connectivity index (χ0n) is 11.7. The molecule has 0 fully saturated rings. The van der Waals surface area contributed by atoms with Gasteiger partial charge in [0.05, 0.1) is 11.6 Å². The highest BCUT2D eigenvalue weighted by molar-refractivity contribution is 7.10. The van der Waals surface area contributed by atoms with Gasteiger partial charge in [0.15, 0.2) is 0 Å². The molecule has 0 aliphatic rings. The molecule has 1 unspecified atom stereocenters. The van der Waals surface area contributed by atoms with Gasteiger partial charge in [-0.05, 0) is 30.0 Å². The molecule has 1 amide bonds. The number of nitrogens with one attached hydrogen (secondary N) is 2. The summed E-state index contributed by atoms with van der Waals surface area (Å²) in [6, 6.07) is 7.70. The predicted octanol–water partition coefficient (Wildman–Crippen LogP) is 3.46. The maximum Gasteiger partial charge on any atom is 0.255 e. The molecule has 5 heteroatoms. The van der Waals surface area contributed by atoms with Crippen LogP contribution in [0, 0.1) is 0 Å². The fourth-order valence-electron chi connectivity index (χ4n) is 2.09. The number of carbonyl (C=O) groups is 1. The number of anilines is 1. The van der Waals surface area contributed by atoms with Crippen LogP contribution in [0.5, 0.6) is 0 Å². The van der Waals surface area contributed by atoms with Gasteiger partial charge in [0.1, 0.15) is 5.82 Å². The number of carbonyl (C=O) groups excluding carboxylic acids is 1. The van der Waals surface area contributed by atoms with Crippen LogP contribution in [-0.4, -0.2) is 17.9 Å². The average Bonchev–Trinajstić information content (AvgIpc) is 3.00. The van der Waals surface area contributed by atoms with Gasteiger partial charge < -0.3 is 10.6 Å². The van der Waals surface area contributed by atoms with Gasteiger partial charge in [-0.3, -0.25) is 4.79 Å². The Labute approximate surface area is 123 Å². The van der Waals surface area contributed by atoms with Gasteiger partial charge in [-0.1, -0.05) is 19.4 Å². The molecule has 0 saturated carbocycles. The summed E-state index contributed by atoms with van der Waals surface area (Å²) in [7, 11) is 1.77. The molecule has 106 valence electrons. The summed E-state index contributed by atoms with van der Waals surface area (Å²) in [6.07, 6.45) is 3.63. The first-order chi connectivity index (χ1) is 9.76. The number of amides is 1. The van der Waals surface area contributed by atoms with Crippen molar-refractivity contribution in [3.05, 3.63) is 46.3 Å². The SMILES string of the molecule is CCCC(NC(=O)c1cccnc1NC)c1cccs1. The van der Waals surface area contributed by atoms with Crippen molar-refractivity contribution in [3.8, 4) is 0 Å². The molecule has 2 aromatic rings. The highest BCUT2D eigenvalue weighted by Gasteiger charge is 2.18. The molecule has 0 bridgehead atoms. The van der Waals surface area contributed by atoms with Gasteiger partial charge in [-0.15, -0.1) is 11.3 Å². The van der Waals surface area contributed by atoms with Crippen LogP contribution in [0.2, 0.25) is 0 Å². The van der Waals surface area contributed by atoms with Crippen LogP contribution < -0.4 is 10.6 Å². The largest absolute Gasteiger partial charge is 0.372 e. The van der Waals surface area contributed by atoms with Crippen LogP contribution in [0.4, 0.5) is 5.82 Å². The van der Waals surface area contributed by atoms with Crippen molar-refractivity contribution in [2.45, 2.75) is 25.8 Å². The van der Waals surface area contributed by atoms with Crippen LogP contribution in [-0.2, 0) is 0 Å². The van der Waals surface area contributed by atoms with Crippen molar-refractivity contribution in [2.75, 3.05) is 12.4 Å². The number of hydrogen-bond donors (Lipinski definition) is 2. The number of rotatable bonds is 6. The van der Waals surface area contributed by atoms with E-state index in [2.05, 4.69) is 28.6 Å². The Hall–Kier alpha value is -1.88. The van der Waals surface area contributed by atoms with Gasteiger partial charge in [0.25, 0.3) is 5.91 Å². The van der Waals surface area contributed by atoms with E-state index in [0.717, 1.165) is 12.8 Å². The topological polar surface area (TPSA) is 54.0 Å². The van der Waals surface area contributed by atoms with E-state index < -0.39 is 0 Å². The lowest BCUT2D eigenvalue weighted by molar-refractivity contribution is 0.0935. The minimum Gasteiger partial charge on any atom is -0.372 e. The Balaban J connectivity index is 2.16. The van der Waals surface area contributed by atoms with Crippen LogP contribution in [0.1, 0.15) is 41.0 Å². The Morgan fingerprint density at radius 3 is 2.90 bits per heavy atom. The van der Waals surface area contributed by atoms with E-state index in [-0.39, 0.29) is 11.9 Å². The van der Waals surface area contributed by atoms with Gasteiger partial charge in [-0.25, -0.2) is 4.98 Å². The number of aromatic nitrogens is 1. The molecule has 2 aromatic heterocycles. The maximum absolute atomic E-state index is 12.4. The third-order valence-electron chi connectivity index (χ3n) is 3.06. The number of hydrogen-bond acceptors (Lipinski definition) is 4. The molecule has 0 aromatic carbocycles. The molecule has 2 heterocycles. The van der Waals surface area contributed by atoms with Crippen LogP contribution in [0.15, 0.2) is 35.8 Å². The van der Waals surface area contributed by atoms with Crippen molar-refractivity contribution in [1.82, 2.24) is 10.3 Å². The minimum absolute atomic E-state index is 0.0670. The van der Waals surface area contributed by atoms with E-state index in [1.807, 2.05) is 11.4 Å². The summed E-state index contributed by atoms with van der Waals surface area (Å²) in [6.45, 7) is 2.12. The molecular formula is C15H19N3OS. The molecule has 0 aliphatic heterocycles. The molecule has 20 heavy (non-hydrogen) atoms. The lowest BCUT2D eigenvalue weighted by Gasteiger charge is -2.17. The van der Waals surface area contributed by atoms with Crippen molar-refractivity contribution in [3.63, 3.8) is 0 Å². The fourth-order valence-corrected chi connectivity index (χ4v) is 2.90. The highest BCUT2D eigenvalue weighted by Crippen LogP contribution is 2.24. The Bertz CT molecular complexity index is 554. The van der Waals surface area contributed by atoms with E-state index in [1.165, 1.54) is 4.88 Å². The third kappa shape index (κ3) is 3.36. The van der Waals surface area contributed by atoms with Crippen LogP contribution in [0.3, 0.4) is 0 Å². The smallest absolute Gasteiger partial charge is 0.255 e. The minimum atomic E-state index is -0.0886. The van der Waals surface area contributed by atoms with Crippen molar-refractivity contribution >= 4 is 23.1 Å². The quantitative estimate of drug-likeness (QED) is 0.856. The molecule has 4 nitrogen and oxygen atoms in total. The number of nitrogens with zero attached hydrogens (tertiary/aromatic N) is 1. The number of pyridine rings is 1. The standard InChI is InChI=1S/C15H19N3OS/c1-3-6-12(13-8-5-10-20-13)18-15(19)11-7-4-9-17-14(11)16-2/h4-5,7-10,12H,3,6H2,1-2H3,(H,16,17)(H,18,19). The summed E-state index contributed by atoms with van der Waals surface area (Å²) in [5.41, 5.74) is 0.577. The maximum atomic E-state index is 12.4. The second-order valence-corrected chi connectivity index (χ2v) is 5.46. The summed E-state index contributed by atoms with van der Waals surface area (Å²) in [4.78, 5) is 17.8. The monoisotopic (exact) mass is 289 g/mol. The molecule has 2 N–H and O–H groups in total. The van der Waals surface area contributed by atoms with E-state index in [9.17, 15) is 4.79 Å². The zero-order chi connectivity index (χ0) is 14.4. The highest BCUT2D eigenvalue weighted by atomic mass is 32.1. The normalized spacial score (nSPS) is 11.9. The predicted molar refractivity (Wildman–Crippen MR) is 83.2 cm³/mol. The first-order valence-corrected chi connectivity index (χ1v) is 7.61. The first-order valence-electron chi connectivity index (χ1n) is 6.73. The fraction of sp³-hybridized carbons (Fsp3) is 0.333. The van der Waals surface area contributed by atoms with E-state index in [4.69, 9.17) is 0 Å². The van der Waals surface area contributed by atoms with Crippen LogP contribution >= 0.6 is 11.3 Å². The van der Waals surface area contributed by atoms with Gasteiger partial charge in [0.2, 0.25) is 0 Å². The second-order valence-electron chi connectivity index (χ2n) is 4.48. The molecule has 2 rings (SSSR count). The third-order valence-corrected chi connectivity index (χ3v) is 4.04. The molecule has 0 radical (unpaired) electrons. The summed E-state index contributed by atoms with van der Waals surface area (Å²) >= 11 is 1.67. The van der Waals surface area contributed by atoms with Crippen molar-refractivity contribution in [2.24, 2.45) is 0 Å². The second kappa shape index (κ2) is 7.05. The molecule has 0 spiro atoms. The lowest BCUT2D eigenvalue weighted by atomic mass is 10.1. The van der Waals surface area contributed by atoms with Crippen molar-refractivity contribution < 1.29 is 4.79 Å². The molecule has 0 aliphatic carbocycles. The van der Waals surface area contributed by atoms with E-state index >= 15 is 0 Å². The Kier molecular flexibility index (Phi) is 5.12. The zero-order valence-corrected chi connectivity index (χ0v) is 12.5. The number of thiophene rings is 1. The summed E-state index contributed by atoms with van der Waals surface area (Å²) in [5, 5.41) is 8.08. The van der Waals surface area contributed by atoms with Crippen molar-refractivity contribution in [1.29, 1.82) is 0 Å². The lowest BCUT2D eigenvalue weighted by Crippen LogP contribution is -2.28. The molecular weight excluding hydrogens is 270 g/mol. The first kappa shape index (κ1) is 14.5. The average molecular weight is 289 g/mol. The van der Waals surface area contributed by atoms with Crippen LogP contribution in [0.25, 0.3) is 0 Å². The summed E-state index contributed by atoms with van der Waals surface area (Å²) < 4.78 is 0. The van der Waals surface area contributed by atoms with E-state index in [1.54, 1.807) is 36.7 Å². The summed E-state index contributed by atoms with van der Waals surface area (Å²) in [5.74, 6) is 0.515.